The fraction of sp³-hybridized carbons (Fsp3) is 0.167. The lowest BCUT2D eigenvalue weighted by Crippen LogP contribution is -2.31. The lowest BCUT2D eigenvalue weighted by molar-refractivity contribution is 0.869. The van der Waals surface area contributed by atoms with Gasteiger partial charge in [-0.15, -0.1) is 0 Å². The Hall–Kier alpha value is -1.68. The average Bonchev–Trinajstić information content (AvgIpc) is 2.33. The Morgan fingerprint density at radius 2 is 2.12 bits per heavy atom. The molecule has 0 saturated heterocycles. The van der Waals surface area contributed by atoms with Crippen molar-refractivity contribution in [1.29, 1.82) is 0 Å². The maximum atomic E-state index is 5.04. The van der Waals surface area contributed by atoms with Crippen molar-refractivity contribution >= 4 is 23.5 Å². The van der Waals surface area contributed by atoms with Crippen molar-refractivity contribution in [3.05, 3.63) is 48.0 Å². The van der Waals surface area contributed by atoms with Gasteiger partial charge in [-0.05, 0) is 30.8 Å². The van der Waals surface area contributed by atoms with Crippen LogP contribution in [0.2, 0.25) is 0 Å². The van der Waals surface area contributed by atoms with Crippen LogP contribution in [0, 0.1) is 0 Å². The van der Waals surface area contributed by atoms with Crippen molar-refractivity contribution < 1.29 is 0 Å². The van der Waals surface area contributed by atoms with E-state index >= 15 is 0 Å². The molecule has 0 unspecified atom stereocenters. The summed E-state index contributed by atoms with van der Waals surface area (Å²) >= 11 is 5.04. The molecule has 0 fully saturated rings. The van der Waals surface area contributed by atoms with E-state index in [0.717, 1.165) is 0 Å². The van der Waals surface area contributed by atoms with Gasteiger partial charge in [0, 0.05) is 12.8 Å². The number of benzene rings is 1. The molecule has 4 heteroatoms. The largest absolute Gasteiger partial charge is 0.357 e. The highest BCUT2D eigenvalue weighted by Gasteiger charge is 1.93. The molecule has 0 spiro atoms. The first-order chi connectivity index (χ1) is 7.83. The van der Waals surface area contributed by atoms with E-state index in [4.69, 9.17) is 12.2 Å². The molecule has 0 radical (unpaired) electrons. The van der Waals surface area contributed by atoms with E-state index in [1.165, 1.54) is 5.56 Å². The summed E-state index contributed by atoms with van der Waals surface area (Å²) < 4.78 is 0. The van der Waals surface area contributed by atoms with Gasteiger partial charge in [-0.2, -0.15) is 5.10 Å². The van der Waals surface area contributed by atoms with Crippen molar-refractivity contribution in [1.82, 2.24) is 10.7 Å². The quantitative estimate of drug-likeness (QED) is 0.475. The molecule has 3 nitrogen and oxygen atoms in total. The van der Waals surface area contributed by atoms with E-state index in [1.54, 1.807) is 6.21 Å². The molecule has 0 aromatic heterocycles. The molecule has 0 bridgehead atoms. The first kappa shape index (κ1) is 12.4. The molecule has 0 aliphatic carbocycles. The van der Waals surface area contributed by atoms with Crippen LogP contribution in [0.3, 0.4) is 0 Å². The highest BCUT2D eigenvalue weighted by Crippen LogP contribution is 1.96. The first-order valence-electron chi connectivity index (χ1n) is 5.05. The second kappa shape index (κ2) is 7.59. The van der Waals surface area contributed by atoms with Gasteiger partial charge in [0.15, 0.2) is 5.11 Å². The van der Waals surface area contributed by atoms with Gasteiger partial charge in [-0.25, -0.2) is 0 Å². The Morgan fingerprint density at radius 1 is 1.38 bits per heavy atom. The summed E-state index contributed by atoms with van der Waals surface area (Å²) in [5.74, 6) is 0. The molecule has 2 N–H and O–H groups in total. The highest BCUT2D eigenvalue weighted by molar-refractivity contribution is 7.80. The van der Waals surface area contributed by atoms with Crippen LogP contribution in [-0.4, -0.2) is 11.3 Å². The van der Waals surface area contributed by atoms with Crippen LogP contribution < -0.4 is 10.7 Å². The van der Waals surface area contributed by atoms with E-state index in [2.05, 4.69) is 15.8 Å². The third-order valence-corrected chi connectivity index (χ3v) is 2.05. The molecule has 0 heterocycles. The zero-order chi connectivity index (χ0) is 11.6. The van der Waals surface area contributed by atoms with Gasteiger partial charge < -0.3 is 5.32 Å². The third-order valence-electron chi connectivity index (χ3n) is 1.82. The smallest absolute Gasteiger partial charge is 0.187 e. The Bertz CT molecular complexity index is 371. The van der Waals surface area contributed by atoms with Crippen LogP contribution >= 0.6 is 12.2 Å². The predicted octanol–water partition coefficient (Wildman–Crippen LogP) is 2.21. The van der Waals surface area contributed by atoms with Gasteiger partial charge in [-0.1, -0.05) is 36.4 Å². The molecule has 1 rings (SSSR count). The van der Waals surface area contributed by atoms with Crippen LogP contribution in [0.5, 0.6) is 0 Å². The fourth-order valence-corrected chi connectivity index (χ4v) is 1.17. The highest BCUT2D eigenvalue weighted by atomic mass is 32.1. The van der Waals surface area contributed by atoms with Gasteiger partial charge in [0.25, 0.3) is 0 Å². The number of thiocarbonyl (C=S) groups is 1. The van der Waals surface area contributed by atoms with Crippen molar-refractivity contribution in [3.8, 4) is 0 Å². The molecule has 0 amide bonds. The van der Waals surface area contributed by atoms with Gasteiger partial charge in [0.1, 0.15) is 0 Å². The number of rotatable bonds is 4. The molecule has 0 saturated carbocycles. The monoisotopic (exact) mass is 233 g/mol. The van der Waals surface area contributed by atoms with Crippen molar-refractivity contribution in [2.24, 2.45) is 5.10 Å². The maximum absolute atomic E-state index is 5.04. The lowest BCUT2D eigenvalue weighted by atomic mass is 10.2. The van der Waals surface area contributed by atoms with E-state index in [0.29, 0.717) is 11.7 Å². The SMILES string of the molecule is C/C=C/C=N\NC(=S)NCc1ccccc1. The minimum absolute atomic E-state index is 0.518. The topological polar surface area (TPSA) is 36.4 Å². The average molecular weight is 233 g/mol. The van der Waals surface area contributed by atoms with Crippen LogP contribution in [-0.2, 0) is 6.54 Å². The fourth-order valence-electron chi connectivity index (χ4n) is 1.04. The van der Waals surface area contributed by atoms with E-state index < -0.39 is 0 Å². The molecule has 84 valence electrons. The molecule has 0 atom stereocenters. The van der Waals surface area contributed by atoms with Crippen LogP contribution in [0.1, 0.15) is 12.5 Å². The number of hydrogen-bond donors (Lipinski definition) is 2. The zero-order valence-electron chi connectivity index (χ0n) is 9.18. The van der Waals surface area contributed by atoms with Crippen LogP contribution in [0.15, 0.2) is 47.6 Å². The number of nitrogens with one attached hydrogen (secondary N) is 2. The Morgan fingerprint density at radius 3 is 2.81 bits per heavy atom. The normalized spacial score (nSPS) is 10.8. The van der Waals surface area contributed by atoms with Crippen LogP contribution in [0.4, 0.5) is 0 Å². The van der Waals surface area contributed by atoms with Gasteiger partial charge in [0.2, 0.25) is 0 Å². The molecule has 1 aromatic carbocycles. The summed E-state index contributed by atoms with van der Waals surface area (Å²) in [5, 5.41) is 7.48. The molecule has 0 aliphatic heterocycles. The number of hydrazone groups is 1. The van der Waals surface area contributed by atoms with Crippen molar-refractivity contribution in [2.45, 2.75) is 13.5 Å². The molecule has 16 heavy (non-hydrogen) atoms. The second-order valence-electron chi connectivity index (χ2n) is 3.08. The van der Waals surface area contributed by atoms with Crippen molar-refractivity contribution in [2.75, 3.05) is 0 Å². The first-order valence-corrected chi connectivity index (χ1v) is 5.46. The summed E-state index contributed by atoms with van der Waals surface area (Å²) in [6.45, 7) is 2.63. The molecule has 0 aliphatic rings. The second-order valence-corrected chi connectivity index (χ2v) is 3.49. The lowest BCUT2D eigenvalue weighted by Gasteiger charge is -2.06. The molecule has 1 aromatic rings. The zero-order valence-corrected chi connectivity index (χ0v) is 10.00. The Balaban J connectivity index is 2.25. The van der Waals surface area contributed by atoms with Crippen LogP contribution in [0.25, 0.3) is 0 Å². The van der Waals surface area contributed by atoms with Gasteiger partial charge >= 0.3 is 0 Å². The summed E-state index contributed by atoms with van der Waals surface area (Å²) in [5.41, 5.74) is 3.91. The standard InChI is InChI=1S/C12H15N3S/c1-2-3-9-14-15-12(16)13-10-11-7-5-4-6-8-11/h2-9H,10H2,1H3,(H2,13,15,16)/b3-2+,14-9-. The number of hydrogen-bond acceptors (Lipinski definition) is 2. The predicted molar refractivity (Wildman–Crippen MR) is 72.3 cm³/mol. The number of allylic oxidation sites excluding steroid dienone is 2. The molecular weight excluding hydrogens is 218 g/mol. The van der Waals surface area contributed by atoms with Gasteiger partial charge in [-0.3, -0.25) is 5.43 Å². The maximum Gasteiger partial charge on any atom is 0.187 e. The summed E-state index contributed by atoms with van der Waals surface area (Å²) in [6.07, 6.45) is 5.37. The summed E-state index contributed by atoms with van der Waals surface area (Å²) in [4.78, 5) is 0. The Labute approximate surface area is 101 Å². The Kier molecular flexibility index (Phi) is 5.88. The third kappa shape index (κ3) is 5.26. The van der Waals surface area contributed by atoms with E-state index in [1.807, 2.05) is 49.4 Å². The number of nitrogens with zero attached hydrogens (tertiary/aromatic N) is 1. The van der Waals surface area contributed by atoms with Crippen molar-refractivity contribution in [3.63, 3.8) is 0 Å². The summed E-state index contributed by atoms with van der Waals surface area (Å²) in [6, 6.07) is 10.1. The van der Waals surface area contributed by atoms with E-state index in [9.17, 15) is 0 Å². The molecular formula is C12H15N3S. The minimum Gasteiger partial charge on any atom is -0.357 e. The van der Waals surface area contributed by atoms with E-state index in [-0.39, 0.29) is 0 Å². The minimum atomic E-state index is 0.518. The summed E-state index contributed by atoms with van der Waals surface area (Å²) in [7, 11) is 0. The van der Waals surface area contributed by atoms with Gasteiger partial charge in [0.05, 0.1) is 0 Å².